The third-order valence-electron chi connectivity index (χ3n) is 4.69. The van der Waals surface area contributed by atoms with Gasteiger partial charge in [0, 0.05) is 30.9 Å². The minimum atomic E-state index is -0.419. The fourth-order valence-corrected chi connectivity index (χ4v) is 3.41. The van der Waals surface area contributed by atoms with Gasteiger partial charge in [0.15, 0.2) is 5.82 Å². The Kier molecular flexibility index (Phi) is 5.53. The maximum Gasteiger partial charge on any atom is 0.407 e. The van der Waals surface area contributed by atoms with Crippen molar-refractivity contribution in [1.82, 2.24) is 24.8 Å². The number of imidazole rings is 1. The Balaban J connectivity index is 1.19. The molecule has 4 aromatic rings. The quantitative estimate of drug-likeness (QED) is 0.315. The molecule has 8 nitrogen and oxygen atoms in total. The molecule has 0 unspecified atom stereocenters. The van der Waals surface area contributed by atoms with Crippen molar-refractivity contribution in [3.05, 3.63) is 53.6 Å². The van der Waals surface area contributed by atoms with Gasteiger partial charge in [-0.15, -0.1) is 0 Å². The molecule has 29 heavy (non-hydrogen) atoms. The Labute approximate surface area is 172 Å². The van der Waals surface area contributed by atoms with Crippen LogP contribution in [0.2, 0.25) is 5.15 Å². The highest BCUT2D eigenvalue weighted by Crippen LogP contribution is 2.22. The zero-order valence-electron chi connectivity index (χ0n) is 15.7. The number of halogens is 1. The van der Waals surface area contributed by atoms with Crippen LogP contribution in [-0.2, 0) is 17.8 Å². The van der Waals surface area contributed by atoms with Crippen molar-refractivity contribution in [2.45, 2.75) is 25.9 Å². The minimum Gasteiger partial charge on any atom is -0.450 e. The van der Waals surface area contributed by atoms with Gasteiger partial charge in [0.05, 0.1) is 18.5 Å². The number of ether oxygens (including phenoxy) is 1. The van der Waals surface area contributed by atoms with Crippen molar-refractivity contribution in [2.75, 3.05) is 12.3 Å². The average molecular weight is 413 g/mol. The number of pyridine rings is 1. The number of nitrogens with two attached hydrogens (primary N) is 1. The molecule has 0 aliphatic rings. The Morgan fingerprint density at radius 3 is 3.07 bits per heavy atom. The zero-order chi connectivity index (χ0) is 20.2. The summed E-state index contributed by atoms with van der Waals surface area (Å²) in [6.45, 7) is 1.49. The highest BCUT2D eigenvalue weighted by Gasteiger charge is 2.09. The topological polar surface area (TPSA) is 111 Å². The summed E-state index contributed by atoms with van der Waals surface area (Å²) in [7, 11) is 0. The number of nitrogens with zero attached hydrogens (tertiary/aromatic N) is 3. The number of aryl methyl sites for hydroxylation is 1. The van der Waals surface area contributed by atoms with E-state index in [0.29, 0.717) is 29.6 Å². The fourth-order valence-electron chi connectivity index (χ4n) is 3.22. The second-order valence-electron chi connectivity index (χ2n) is 6.73. The van der Waals surface area contributed by atoms with Gasteiger partial charge >= 0.3 is 6.09 Å². The molecular formula is C20H21ClN6O2. The third-order valence-corrected chi connectivity index (χ3v) is 4.88. The molecule has 3 aromatic heterocycles. The number of hydrogen-bond donors (Lipinski definition) is 3. The molecular weight excluding hydrogens is 392 g/mol. The first-order valence-electron chi connectivity index (χ1n) is 9.33. The predicted molar refractivity (Wildman–Crippen MR) is 113 cm³/mol. The number of rotatable bonds is 7. The molecule has 0 fully saturated rings. The second-order valence-corrected chi connectivity index (χ2v) is 7.12. The zero-order valence-corrected chi connectivity index (χ0v) is 16.4. The van der Waals surface area contributed by atoms with Crippen molar-refractivity contribution < 1.29 is 9.53 Å². The SMILES string of the molecule is Nc1nc(Cl)cc2c1ncn2CCCCOC(=O)NCc1ccc2[nH]ccc2c1. The maximum absolute atomic E-state index is 11.9. The number of anilines is 1. The normalized spacial score (nSPS) is 11.2. The lowest BCUT2D eigenvalue weighted by atomic mass is 10.1. The highest BCUT2D eigenvalue weighted by atomic mass is 35.5. The molecule has 9 heteroatoms. The van der Waals surface area contributed by atoms with Crippen LogP contribution in [0.1, 0.15) is 18.4 Å². The van der Waals surface area contributed by atoms with E-state index in [1.165, 1.54) is 0 Å². The first-order chi connectivity index (χ1) is 14.1. The van der Waals surface area contributed by atoms with Crippen molar-refractivity contribution >= 4 is 45.4 Å². The predicted octanol–water partition coefficient (Wildman–Crippen LogP) is 3.85. The molecule has 4 N–H and O–H groups in total. The number of H-pyrrole nitrogens is 1. The van der Waals surface area contributed by atoms with Crippen molar-refractivity contribution in [2.24, 2.45) is 0 Å². The van der Waals surface area contributed by atoms with Crippen LogP contribution in [0, 0.1) is 0 Å². The molecule has 1 aromatic carbocycles. The molecule has 0 spiro atoms. The molecule has 0 aliphatic heterocycles. The number of carbonyl (C=O) groups is 1. The largest absolute Gasteiger partial charge is 0.450 e. The van der Waals surface area contributed by atoms with E-state index in [1.54, 1.807) is 12.4 Å². The summed E-state index contributed by atoms with van der Waals surface area (Å²) < 4.78 is 7.22. The number of unbranched alkanes of at least 4 members (excludes halogenated alkanes) is 1. The molecule has 0 aliphatic carbocycles. The van der Waals surface area contributed by atoms with Crippen molar-refractivity contribution in [3.63, 3.8) is 0 Å². The number of aromatic nitrogens is 4. The van der Waals surface area contributed by atoms with Gasteiger partial charge in [0.25, 0.3) is 0 Å². The van der Waals surface area contributed by atoms with Crippen molar-refractivity contribution in [1.29, 1.82) is 0 Å². The summed E-state index contributed by atoms with van der Waals surface area (Å²) in [6, 6.07) is 9.75. The van der Waals surface area contributed by atoms with Crippen LogP contribution < -0.4 is 11.1 Å². The second kappa shape index (κ2) is 8.40. The third kappa shape index (κ3) is 4.43. The van der Waals surface area contributed by atoms with E-state index < -0.39 is 6.09 Å². The minimum absolute atomic E-state index is 0.321. The van der Waals surface area contributed by atoms with Gasteiger partial charge in [-0.1, -0.05) is 17.7 Å². The summed E-state index contributed by atoms with van der Waals surface area (Å²) >= 11 is 5.97. The number of nitrogens with one attached hydrogen (secondary N) is 2. The average Bonchev–Trinajstić information content (AvgIpc) is 3.32. The maximum atomic E-state index is 11.9. The smallest absolute Gasteiger partial charge is 0.407 e. The van der Waals surface area contributed by atoms with Gasteiger partial charge in [-0.2, -0.15) is 0 Å². The summed E-state index contributed by atoms with van der Waals surface area (Å²) in [5.41, 5.74) is 9.42. The molecule has 0 atom stereocenters. The molecule has 1 amide bonds. The van der Waals surface area contributed by atoms with E-state index in [0.717, 1.165) is 41.4 Å². The van der Waals surface area contributed by atoms with Crippen LogP contribution in [0.4, 0.5) is 10.6 Å². The number of carbonyl (C=O) groups excluding carboxylic acids is 1. The van der Waals surface area contributed by atoms with E-state index in [2.05, 4.69) is 20.3 Å². The van der Waals surface area contributed by atoms with E-state index in [4.69, 9.17) is 22.1 Å². The van der Waals surface area contributed by atoms with Gasteiger partial charge in [-0.05, 0) is 42.0 Å². The number of alkyl carbamates (subject to hydrolysis) is 1. The van der Waals surface area contributed by atoms with Crippen LogP contribution >= 0.6 is 11.6 Å². The Bertz CT molecular complexity index is 1150. The number of aromatic amines is 1. The van der Waals surface area contributed by atoms with Crippen LogP contribution in [0.15, 0.2) is 42.9 Å². The fraction of sp³-hybridized carbons (Fsp3) is 0.250. The number of fused-ring (bicyclic) bond motifs is 2. The van der Waals surface area contributed by atoms with Gasteiger partial charge < -0.3 is 25.3 Å². The molecule has 3 heterocycles. The van der Waals surface area contributed by atoms with Gasteiger partial charge in [0.2, 0.25) is 0 Å². The van der Waals surface area contributed by atoms with Crippen LogP contribution in [0.3, 0.4) is 0 Å². The highest BCUT2D eigenvalue weighted by molar-refractivity contribution is 6.30. The van der Waals surface area contributed by atoms with E-state index in [-0.39, 0.29) is 0 Å². The molecule has 0 bridgehead atoms. The lowest BCUT2D eigenvalue weighted by molar-refractivity contribution is 0.143. The van der Waals surface area contributed by atoms with Crippen LogP contribution in [0.25, 0.3) is 21.9 Å². The van der Waals surface area contributed by atoms with Gasteiger partial charge in [0.1, 0.15) is 10.7 Å². The van der Waals surface area contributed by atoms with Gasteiger partial charge in [-0.25, -0.2) is 14.8 Å². The number of hydrogen-bond acceptors (Lipinski definition) is 5. The Hall–Kier alpha value is -3.26. The monoisotopic (exact) mass is 412 g/mol. The number of benzene rings is 1. The number of nitrogen functional groups attached to an aromatic ring is 1. The summed E-state index contributed by atoms with van der Waals surface area (Å²) in [5.74, 6) is 0.321. The summed E-state index contributed by atoms with van der Waals surface area (Å²) in [6.07, 6.45) is 4.74. The Morgan fingerprint density at radius 2 is 2.17 bits per heavy atom. The molecule has 0 saturated carbocycles. The number of amides is 1. The van der Waals surface area contributed by atoms with Crippen molar-refractivity contribution in [3.8, 4) is 0 Å². The van der Waals surface area contributed by atoms with E-state index in [1.807, 2.05) is 35.0 Å². The molecule has 0 saturated heterocycles. The van der Waals surface area contributed by atoms with E-state index in [9.17, 15) is 4.79 Å². The lowest BCUT2D eigenvalue weighted by Crippen LogP contribution is -2.24. The van der Waals surface area contributed by atoms with Gasteiger partial charge in [-0.3, -0.25) is 0 Å². The van der Waals surface area contributed by atoms with E-state index >= 15 is 0 Å². The standard InChI is InChI=1S/C20H21ClN6O2/c21-17-10-16-18(19(22)26-17)25-12-27(16)7-1-2-8-29-20(28)24-11-13-3-4-15-14(9-13)5-6-23-15/h3-6,9-10,12,23H,1-2,7-8,11H2,(H2,22,26)(H,24,28). The molecule has 150 valence electrons. The summed E-state index contributed by atoms with van der Waals surface area (Å²) in [4.78, 5) is 23.3. The summed E-state index contributed by atoms with van der Waals surface area (Å²) in [5, 5.41) is 4.23. The first kappa shape index (κ1) is 19.1. The van der Waals surface area contributed by atoms with Crippen LogP contribution in [-0.4, -0.2) is 32.2 Å². The molecule has 4 rings (SSSR count). The van der Waals surface area contributed by atoms with Crippen LogP contribution in [0.5, 0.6) is 0 Å². The first-order valence-corrected chi connectivity index (χ1v) is 9.71. The lowest BCUT2D eigenvalue weighted by Gasteiger charge is -2.08. The Morgan fingerprint density at radius 1 is 1.28 bits per heavy atom. The molecule has 0 radical (unpaired) electrons.